The van der Waals surface area contributed by atoms with Crippen molar-refractivity contribution in [3.05, 3.63) is 65.0 Å². The largest absolute Gasteiger partial charge is 0.469 e. The van der Waals surface area contributed by atoms with Crippen molar-refractivity contribution in [1.29, 1.82) is 0 Å². The molecule has 0 bridgehead atoms. The monoisotopic (exact) mass is 437 g/mol. The molecule has 1 atom stereocenters. The van der Waals surface area contributed by atoms with Gasteiger partial charge < -0.3 is 10.1 Å². The molecule has 0 spiro atoms. The van der Waals surface area contributed by atoms with E-state index in [0.717, 1.165) is 5.56 Å². The number of aromatic nitrogens is 4. The maximum atomic E-state index is 12.8. The Morgan fingerprint density at radius 1 is 1.25 bits per heavy atom. The van der Waals surface area contributed by atoms with E-state index in [1.807, 2.05) is 19.9 Å². The smallest absolute Gasteiger partial charge is 0.308 e. The van der Waals surface area contributed by atoms with Gasteiger partial charge in [0.25, 0.3) is 5.56 Å². The highest BCUT2D eigenvalue weighted by molar-refractivity contribution is 5.77. The summed E-state index contributed by atoms with van der Waals surface area (Å²) in [4.78, 5) is 45.2. The summed E-state index contributed by atoms with van der Waals surface area (Å²) in [5, 5.41) is 5.77. The fourth-order valence-corrected chi connectivity index (χ4v) is 3.41. The summed E-state index contributed by atoms with van der Waals surface area (Å²) >= 11 is 0. The topological polar surface area (TPSA) is 119 Å². The van der Waals surface area contributed by atoms with Crippen LogP contribution in [-0.2, 0) is 20.9 Å². The molecule has 32 heavy (non-hydrogen) atoms. The molecule has 0 unspecified atom stereocenters. The number of hydrogen-bond donors (Lipinski definition) is 2. The quantitative estimate of drug-likeness (QED) is 0.497. The molecule has 3 rings (SSSR count). The van der Waals surface area contributed by atoms with Crippen LogP contribution in [0.2, 0.25) is 0 Å². The fraction of sp³-hybridized carbons (Fsp3) is 0.348. The van der Waals surface area contributed by atoms with Crippen LogP contribution in [0.5, 0.6) is 0 Å². The standard InChI is InChI=1S/C23H27N5O4/c1-15(2)18(23(31)32-3)6-7-21(29)26-12-16-8-10-25-20(11-16)28-22(30)19(14-27-28)17-5-4-9-24-13-17/h4-5,8-11,13-15,18,27H,6-7,12H2,1-3H3,(H,26,29)/t18-/m0/s1. The van der Waals surface area contributed by atoms with Gasteiger partial charge in [-0.05, 0) is 36.1 Å². The molecule has 0 aliphatic rings. The molecule has 0 aliphatic heterocycles. The van der Waals surface area contributed by atoms with Crippen molar-refractivity contribution in [2.45, 2.75) is 33.2 Å². The summed E-state index contributed by atoms with van der Waals surface area (Å²) < 4.78 is 6.16. The third-order valence-corrected chi connectivity index (χ3v) is 5.26. The normalized spacial score (nSPS) is 11.9. The molecule has 3 heterocycles. The second-order valence-electron chi connectivity index (χ2n) is 7.78. The first-order chi connectivity index (χ1) is 15.4. The van der Waals surface area contributed by atoms with Gasteiger partial charge in [0.05, 0.1) is 18.6 Å². The molecule has 0 aliphatic carbocycles. The molecule has 0 aromatic carbocycles. The van der Waals surface area contributed by atoms with Gasteiger partial charge in [0, 0.05) is 43.3 Å². The van der Waals surface area contributed by atoms with Gasteiger partial charge >= 0.3 is 5.97 Å². The number of carbonyl (C=O) groups excluding carboxylic acids is 2. The number of ether oxygens (including phenoxy) is 1. The SMILES string of the molecule is COC(=O)[C@@H](CCC(=O)NCc1ccnc(-n2[nH]cc(-c3cccnc3)c2=O)c1)C(C)C. The fourth-order valence-electron chi connectivity index (χ4n) is 3.41. The van der Waals surface area contributed by atoms with Crippen molar-refractivity contribution < 1.29 is 14.3 Å². The maximum absolute atomic E-state index is 12.8. The van der Waals surface area contributed by atoms with Gasteiger partial charge in [-0.25, -0.2) is 9.67 Å². The van der Waals surface area contributed by atoms with Gasteiger partial charge in [-0.3, -0.25) is 24.5 Å². The summed E-state index contributed by atoms with van der Waals surface area (Å²) in [5.41, 5.74) is 1.75. The molecule has 3 aromatic rings. The van der Waals surface area contributed by atoms with Gasteiger partial charge in [0.15, 0.2) is 5.82 Å². The van der Waals surface area contributed by atoms with Crippen LogP contribution >= 0.6 is 0 Å². The van der Waals surface area contributed by atoms with Gasteiger partial charge in [-0.15, -0.1) is 0 Å². The second kappa shape index (κ2) is 10.5. The molecule has 3 aromatic heterocycles. The Balaban J connectivity index is 1.64. The van der Waals surface area contributed by atoms with E-state index in [9.17, 15) is 14.4 Å². The molecule has 9 heteroatoms. The van der Waals surface area contributed by atoms with Crippen LogP contribution in [0.3, 0.4) is 0 Å². The van der Waals surface area contributed by atoms with E-state index in [-0.39, 0.29) is 42.2 Å². The molecule has 0 fully saturated rings. The predicted octanol–water partition coefficient (Wildman–Crippen LogP) is 2.46. The highest BCUT2D eigenvalue weighted by atomic mass is 16.5. The van der Waals surface area contributed by atoms with Crippen molar-refractivity contribution in [3.8, 4) is 16.9 Å². The summed E-state index contributed by atoms with van der Waals surface area (Å²) in [6.45, 7) is 4.14. The van der Waals surface area contributed by atoms with Gasteiger partial charge in [-0.1, -0.05) is 19.9 Å². The van der Waals surface area contributed by atoms with Crippen LogP contribution in [-0.4, -0.2) is 38.7 Å². The minimum absolute atomic E-state index is 0.0914. The summed E-state index contributed by atoms with van der Waals surface area (Å²) in [6.07, 6.45) is 7.11. The summed E-state index contributed by atoms with van der Waals surface area (Å²) in [5.74, 6) is -0.259. The molecule has 1 amide bonds. The highest BCUT2D eigenvalue weighted by Crippen LogP contribution is 2.19. The first-order valence-electron chi connectivity index (χ1n) is 10.4. The van der Waals surface area contributed by atoms with E-state index >= 15 is 0 Å². The van der Waals surface area contributed by atoms with Crippen LogP contribution in [0.25, 0.3) is 16.9 Å². The van der Waals surface area contributed by atoms with E-state index < -0.39 is 0 Å². The number of aromatic amines is 1. The molecule has 0 saturated carbocycles. The summed E-state index contributed by atoms with van der Waals surface area (Å²) in [7, 11) is 1.36. The molecule has 0 radical (unpaired) electrons. The van der Waals surface area contributed by atoms with Crippen LogP contribution in [0, 0.1) is 11.8 Å². The Bertz CT molecular complexity index is 1120. The minimum Gasteiger partial charge on any atom is -0.469 e. The highest BCUT2D eigenvalue weighted by Gasteiger charge is 2.23. The van der Waals surface area contributed by atoms with E-state index in [0.29, 0.717) is 23.4 Å². The summed E-state index contributed by atoms with van der Waals surface area (Å²) in [6, 6.07) is 7.08. The number of H-pyrrole nitrogens is 1. The number of nitrogens with zero attached hydrogens (tertiary/aromatic N) is 3. The van der Waals surface area contributed by atoms with E-state index in [4.69, 9.17) is 4.74 Å². The number of esters is 1. The number of nitrogens with one attached hydrogen (secondary N) is 2. The van der Waals surface area contributed by atoms with Crippen LogP contribution < -0.4 is 10.9 Å². The van der Waals surface area contributed by atoms with Crippen LogP contribution in [0.4, 0.5) is 0 Å². The Morgan fingerprint density at radius 3 is 2.75 bits per heavy atom. The zero-order valence-corrected chi connectivity index (χ0v) is 18.4. The Hall–Kier alpha value is -3.75. The van der Waals surface area contributed by atoms with E-state index in [2.05, 4.69) is 20.4 Å². The molecule has 9 nitrogen and oxygen atoms in total. The van der Waals surface area contributed by atoms with Gasteiger partial charge in [-0.2, -0.15) is 0 Å². The third-order valence-electron chi connectivity index (χ3n) is 5.26. The average Bonchev–Trinajstić information content (AvgIpc) is 3.19. The lowest BCUT2D eigenvalue weighted by Gasteiger charge is -2.17. The minimum atomic E-state index is -0.313. The lowest BCUT2D eigenvalue weighted by molar-refractivity contribution is -0.147. The van der Waals surface area contributed by atoms with E-state index in [1.165, 1.54) is 11.8 Å². The van der Waals surface area contributed by atoms with Crippen molar-refractivity contribution in [2.24, 2.45) is 11.8 Å². The third kappa shape index (κ3) is 5.48. The van der Waals surface area contributed by atoms with Crippen molar-refractivity contribution >= 4 is 11.9 Å². The number of methoxy groups -OCH3 is 1. The molecular weight excluding hydrogens is 410 g/mol. The number of hydrogen-bond acceptors (Lipinski definition) is 6. The number of pyridine rings is 2. The van der Waals surface area contributed by atoms with Gasteiger partial charge in [0.2, 0.25) is 5.91 Å². The molecule has 168 valence electrons. The Labute approximate surface area is 185 Å². The zero-order chi connectivity index (χ0) is 23.1. The molecular formula is C23H27N5O4. The van der Waals surface area contributed by atoms with E-state index in [1.54, 1.807) is 43.0 Å². The first-order valence-corrected chi connectivity index (χ1v) is 10.4. The van der Waals surface area contributed by atoms with Crippen molar-refractivity contribution in [3.63, 3.8) is 0 Å². The number of carbonyl (C=O) groups is 2. The second-order valence-corrected chi connectivity index (χ2v) is 7.78. The van der Waals surface area contributed by atoms with Crippen molar-refractivity contribution in [1.82, 2.24) is 25.1 Å². The Morgan fingerprint density at radius 2 is 2.06 bits per heavy atom. The zero-order valence-electron chi connectivity index (χ0n) is 18.4. The van der Waals surface area contributed by atoms with Crippen molar-refractivity contribution in [2.75, 3.05) is 7.11 Å². The lowest BCUT2D eigenvalue weighted by Crippen LogP contribution is -2.27. The molecule has 0 saturated heterocycles. The number of amides is 1. The number of rotatable bonds is 9. The lowest BCUT2D eigenvalue weighted by atomic mass is 9.91. The Kier molecular flexibility index (Phi) is 7.54. The predicted molar refractivity (Wildman–Crippen MR) is 119 cm³/mol. The van der Waals surface area contributed by atoms with Gasteiger partial charge in [0.1, 0.15) is 0 Å². The molecule has 2 N–H and O–H groups in total. The average molecular weight is 438 g/mol. The first kappa shape index (κ1) is 22.9. The van der Waals surface area contributed by atoms with Crippen LogP contribution in [0.1, 0.15) is 32.3 Å². The maximum Gasteiger partial charge on any atom is 0.308 e. The van der Waals surface area contributed by atoms with Crippen LogP contribution in [0.15, 0.2) is 53.8 Å².